The van der Waals surface area contributed by atoms with Crippen LogP contribution in [0, 0.1) is 20.8 Å². The van der Waals surface area contributed by atoms with E-state index in [2.05, 4.69) is 45.0 Å². The number of benzene rings is 2. The Labute approximate surface area is 220 Å². The van der Waals surface area contributed by atoms with Gasteiger partial charge in [0.05, 0.1) is 12.2 Å². The van der Waals surface area contributed by atoms with E-state index in [-0.39, 0.29) is 17.9 Å². The highest BCUT2D eigenvalue weighted by atomic mass is 16.2. The van der Waals surface area contributed by atoms with Gasteiger partial charge < -0.3 is 9.80 Å². The molecule has 1 aromatic heterocycles. The summed E-state index contributed by atoms with van der Waals surface area (Å²) in [7, 11) is 0. The van der Waals surface area contributed by atoms with Gasteiger partial charge in [0.15, 0.2) is 0 Å². The van der Waals surface area contributed by atoms with Gasteiger partial charge in [-0.2, -0.15) is 5.10 Å². The first-order chi connectivity index (χ1) is 17.9. The third-order valence-electron chi connectivity index (χ3n) is 7.24. The average molecular weight is 499 g/mol. The molecule has 2 amide bonds. The van der Waals surface area contributed by atoms with Crippen LogP contribution in [0.15, 0.2) is 60.7 Å². The molecule has 0 aliphatic carbocycles. The van der Waals surface area contributed by atoms with Crippen LogP contribution in [-0.2, 0) is 11.3 Å². The van der Waals surface area contributed by atoms with Gasteiger partial charge in [-0.15, -0.1) is 0 Å². The summed E-state index contributed by atoms with van der Waals surface area (Å²) in [5.41, 5.74) is 6.14. The molecule has 1 fully saturated rings. The zero-order chi connectivity index (χ0) is 26.4. The predicted octanol–water partition coefficient (Wildman–Crippen LogP) is 5.41. The van der Waals surface area contributed by atoms with Crippen LogP contribution in [0.2, 0.25) is 0 Å². The van der Waals surface area contributed by atoms with Crippen LogP contribution in [0.1, 0.15) is 64.6 Å². The van der Waals surface area contributed by atoms with E-state index in [0.717, 1.165) is 41.8 Å². The number of hydrogen-bond donors (Lipinski definition) is 0. The lowest BCUT2D eigenvalue weighted by atomic mass is 10.0. The maximum atomic E-state index is 13.3. The minimum atomic E-state index is 0.0276. The monoisotopic (exact) mass is 498 g/mol. The van der Waals surface area contributed by atoms with Crippen molar-refractivity contribution in [1.82, 2.24) is 19.6 Å². The highest BCUT2D eigenvalue weighted by molar-refractivity contribution is 5.94. The Morgan fingerprint density at radius 1 is 1.00 bits per heavy atom. The second-order valence-corrected chi connectivity index (χ2v) is 9.98. The van der Waals surface area contributed by atoms with Crippen molar-refractivity contribution in [3.8, 4) is 0 Å². The summed E-state index contributed by atoms with van der Waals surface area (Å²) in [4.78, 5) is 30.0. The van der Waals surface area contributed by atoms with Crippen LogP contribution in [0.3, 0.4) is 0 Å². The molecule has 1 saturated heterocycles. The number of hydrogen-bond acceptors (Lipinski definition) is 3. The van der Waals surface area contributed by atoms with E-state index in [9.17, 15) is 9.59 Å². The Kier molecular flexibility index (Phi) is 8.59. The fourth-order valence-electron chi connectivity index (χ4n) is 5.08. The SMILES string of the molecule is CCCN(C(=O)/C=C/c1c(C)nn(Cc2ccc(C)cc2)c1C)C1CCN(C(=O)c2ccccc2)CC1. The Morgan fingerprint density at radius 2 is 1.68 bits per heavy atom. The predicted molar refractivity (Wildman–Crippen MR) is 148 cm³/mol. The van der Waals surface area contributed by atoms with Crippen LogP contribution in [0.25, 0.3) is 6.08 Å². The fourth-order valence-corrected chi connectivity index (χ4v) is 5.08. The number of amides is 2. The summed E-state index contributed by atoms with van der Waals surface area (Å²) in [6.07, 6.45) is 6.11. The Balaban J connectivity index is 1.41. The highest BCUT2D eigenvalue weighted by Crippen LogP contribution is 2.21. The van der Waals surface area contributed by atoms with E-state index >= 15 is 0 Å². The Hall–Kier alpha value is -3.67. The summed E-state index contributed by atoms with van der Waals surface area (Å²) >= 11 is 0. The van der Waals surface area contributed by atoms with Crippen LogP contribution < -0.4 is 0 Å². The van der Waals surface area contributed by atoms with Gasteiger partial charge in [-0.05, 0) is 63.8 Å². The molecular formula is C31H38N4O2. The summed E-state index contributed by atoms with van der Waals surface area (Å²) in [5.74, 6) is 0.0979. The van der Waals surface area contributed by atoms with Gasteiger partial charge in [-0.1, -0.05) is 55.0 Å². The van der Waals surface area contributed by atoms with Crippen molar-refractivity contribution in [2.45, 2.75) is 59.5 Å². The van der Waals surface area contributed by atoms with Crippen molar-refractivity contribution in [1.29, 1.82) is 0 Å². The number of rotatable bonds is 8. The molecule has 0 bridgehead atoms. The highest BCUT2D eigenvalue weighted by Gasteiger charge is 2.29. The van der Waals surface area contributed by atoms with Crippen molar-refractivity contribution in [2.75, 3.05) is 19.6 Å². The molecule has 1 aliphatic heterocycles. The number of likely N-dealkylation sites (tertiary alicyclic amines) is 1. The Morgan fingerprint density at radius 3 is 2.32 bits per heavy atom. The molecule has 0 N–H and O–H groups in total. The third-order valence-corrected chi connectivity index (χ3v) is 7.24. The van der Waals surface area contributed by atoms with Gasteiger partial charge in [0.25, 0.3) is 5.91 Å². The average Bonchev–Trinajstić information content (AvgIpc) is 3.19. The lowest BCUT2D eigenvalue weighted by molar-refractivity contribution is -0.129. The molecule has 0 spiro atoms. The van der Waals surface area contributed by atoms with E-state index in [1.54, 1.807) is 6.08 Å². The van der Waals surface area contributed by atoms with Gasteiger partial charge in [0, 0.05) is 48.6 Å². The van der Waals surface area contributed by atoms with E-state index in [1.807, 2.05) is 57.8 Å². The number of aryl methyl sites for hydroxylation is 2. The lowest BCUT2D eigenvalue weighted by Gasteiger charge is -2.38. The number of carbonyl (C=O) groups is 2. The first-order valence-corrected chi connectivity index (χ1v) is 13.3. The van der Waals surface area contributed by atoms with E-state index in [0.29, 0.717) is 26.2 Å². The number of aromatic nitrogens is 2. The van der Waals surface area contributed by atoms with Gasteiger partial charge in [0.1, 0.15) is 0 Å². The maximum absolute atomic E-state index is 13.3. The van der Waals surface area contributed by atoms with Crippen molar-refractivity contribution >= 4 is 17.9 Å². The van der Waals surface area contributed by atoms with Crippen LogP contribution in [0.5, 0.6) is 0 Å². The van der Waals surface area contributed by atoms with Gasteiger partial charge in [-0.3, -0.25) is 14.3 Å². The van der Waals surface area contributed by atoms with Gasteiger partial charge in [-0.25, -0.2) is 0 Å². The summed E-state index contributed by atoms with van der Waals surface area (Å²) in [6.45, 7) is 11.0. The topological polar surface area (TPSA) is 58.4 Å². The third kappa shape index (κ3) is 6.37. The number of nitrogens with zero attached hydrogens (tertiary/aromatic N) is 4. The smallest absolute Gasteiger partial charge is 0.253 e. The first-order valence-electron chi connectivity index (χ1n) is 13.3. The molecule has 3 aromatic rings. The zero-order valence-electron chi connectivity index (χ0n) is 22.5. The molecule has 0 atom stereocenters. The zero-order valence-corrected chi connectivity index (χ0v) is 22.5. The Bertz CT molecular complexity index is 1240. The molecule has 4 rings (SSSR count). The largest absolute Gasteiger partial charge is 0.338 e. The standard InChI is InChI=1S/C31H38N4O2/c1-5-19-34(28-17-20-33(21-18-28)31(37)27-9-7-6-8-10-27)30(36)16-15-29-24(3)32-35(25(29)4)22-26-13-11-23(2)12-14-26/h6-16,28H,5,17-22H2,1-4H3/b16-15+. The molecule has 2 heterocycles. The quantitative estimate of drug-likeness (QED) is 0.390. The van der Waals surface area contributed by atoms with E-state index in [1.165, 1.54) is 11.1 Å². The van der Waals surface area contributed by atoms with Crippen LogP contribution in [0.4, 0.5) is 0 Å². The summed E-state index contributed by atoms with van der Waals surface area (Å²) in [5, 5.41) is 4.73. The van der Waals surface area contributed by atoms with Gasteiger partial charge >= 0.3 is 0 Å². The van der Waals surface area contributed by atoms with E-state index < -0.39 is 0 Å². The number of carbonyl (C=O) groups excluding carboxylic acids is 2. The molecular weight excluding hydrogens is 460 g/mol. The molecule has 0 unspecified atom stereocenters. The molecule has 1 aliphatic rings. The summed E-state index contributed by atoms with van der Waals surface area (Å²) < 4.78 is 2.01. The minimum Gasteiger partial charge on any atom is -0.338 e. The van der Waals surface area contributed by atoms with Crippen molar-refractivity contribution in [2.24, 2.45) is 0 Å². The first kappa shape index (κ1) is 26.4. The van der Waals surface area contributed by atoms with Gasteiger partial charge in [0.2, 0.25) is 5.91 Å². The number of piperidine rings is 1. The second-order valence-electron chi connectivity index (χ2n) is 9.98. The fraction of sp³-hybridized carbons (Fsp3) is 0.387. The summed E-state index contributed by atoms with van der Waals surface area (Å²) in [6, 6.07) is 18.1. The normalized spacial score (nSPS) is 14.3. The molecule has 6 nitrogen and oxygen atoms in total. The molecule has 37 heavy (non-hydrogen) atoms. The lowest BCUT2D eigenvalue weighted by Crippen LogP contribution is -2.48. The maximum Gasteiger partial charge on any atom is 0.253 e. The van der Waals surface area contributed by atoms with E-state index in [4.69, 9.17) is 5.10 Å². The second kappa shape index (κ2) is 12.0. The molecule has 0 saturated carbocycles. The van der Waals surface area contributed by atoms with Crippen LogP contribution in [-0.4, -0.2) is 57.1 Å². The van der Waals surface area contributed by atoms with Crippen molar-refractivity contribution in [3.63, 3.8) is 0 Å². The molecule has 0 radical (unpaired) electrons. The molecule has 194 valence electrons. The minimum absolute atomic E-state index is 0.0276. The van der Waals surface area contributed by atoms with Crippen molar-refractivity contribution in [3.05, 3.63) is 94.3 Å². The molecule has 2 aromatic carbocycles. The van der Waals surface area contributed by atoms with Crippen molar-refractivity contribution < 1.29 is 9.59 Å². The van der Waals surface area contributed by atoms with Crippen LogP contribution >= 0.6 is 0 Å². The molecule has 6 heteroatoms.